The van der Waals surface area contributed by atoms with E-state index in [1.807, 2.05) is 36.4 Å². The van der Waals surface area contributed by atoms with Crippen molar-refractivity contribution in [3.05, 3.63) is 54.0 Å². The van der Waals surface area contributed by atoms with Crippen LogP contribution in [0.2, 0.25) is 0 Å². The lowest BCUT2D eigenvalue weighted by Gasteiger charge is -2.13. The molecule has 9 heteroatoms. The number of halogens is 1. The molecule has 2 N–H and O–H groups in total. The summed E-state index contributed by atoms with van der Waals surface area (Å²) in [5.74, 6) is 2.75. The molecule has 0 aliphatic carbocycles. The standard InChI is InChI=1S/C20H26N4O3S.HI/c1-28-14-10-22-19(21-9-8-18-3-2-12-26-18)23-15-16-4-6-17(7-5-16)24-11-13-27-20(24)25;/h2-7,12H,8-11,13-15H2,1H3,(H2,21,22,23);1H. The first kappa shape index (κ1) is 23.4. The molecule has 1 aromatic carbocycles. The molecule has 158 valence electrons. The summed E-state index contributed by atoms with van der Waals surface area (Å²) < 4.78 is 10.3. The van der Waals surface area contributed by atoms with Crippen molar-refractivity contribution in [2.45, 2.75) is 13.0 Å². The number of hydrogen-bond acceptors (Lipinski definition) is 5. The number of anilines is 1. The van der Waals surface area contributed by atoms with Crippen LogP contribution < -0.4 is 15.5 Å². The number of thioether (sulfide) groups is 1. The molecule has 0 unspecified atom stereocenters. The number of nitrogens with zero attached hydrogens (tertiary/aromatic N) is 2. The topological polar surface area (TPSA) is 79.1 Å². The zero-order valence-electron chi connectivity index (χ0n) is 16.4. The lowest BCUT2D eigenvalue weighted by molar-refractivity contribution is 0.181. The maximum atomic E-state index is 11.6. The second-order valence-corrected chi connectivity index (χ2v) is 7.26. The highest BCUT2D eigenvalue weighted by Gasteiger charge is 2.23. The minimum absolute atomic E-state index is 0. The van der Waals surface area contributed by atoms with E-state index in [9.17, 15) is 4.79 Å². The molecule has 1 aliphatic rings. The molecule has 1 amide bonds. The molecule has 0 bridgehead atoms. The van der Waals surface area contributed by atoms with Gasteiger partial charge >= 0.3 is 6.09 Å². The molecule has 0 atom stereocenters. The molecule has 0 saturated carbocycles. The molecular formula is C20H27IN4O3S. The molecule has 1 aromatic heterocycles. The number of amides is 1. The monoisotopic (exact) mass is 530 g/mol. The SMILES string of the molecule is CSCCNC(=NCc1ccc(N2CCOC2=O)cc1)NCCc1ccco1.I. The molecule has 2 aromatic rings. The van der Waals surface area contributed by atoms with E-state index in [4.69, 9.17) is 9.15 Å². The van der Waals surface area contributed by atoms with E-state index in [0.29, 0.717) is 19.7 Å². The number of cyclic esters (lactones) is 1. The highest BCUT2D eigenvalue weighted by molar-refractivity contribution is 14.0. The second kappa shape index (κ2) is 12.6. The van der Waals surface area contributed by atoms with E-state index in [-0.39, 0.29) is 30.1 Å². The van der Waals surface area contributed by atoms with Crippen LogP contribution in [0, 0.1) is 0 Å². The summed E-state index contributed by atoms with van der Waals surface area (Å²) in [5.41, 5.74) is 1.93. The Morgan fingerprint density at radius 2 is 2.00 bits per heavy atom. The first-order valence-corrected chi connectivity index (χ1v) is 10.7. The van der Waals surface area contributed by atoms with Crippen LogP contribution in [0.15, 0.2) is 52.1 Å². The number of furan rings is 1. The van der Waals surface area contributed by atoms with Gasteiger partial charge in [0.25, 0.3) is 0 Å². The average Bonchev–Trinajstić information content (AvgIpc) is 3.38. The fourth-order valence-corrected chi connectivity index (χ4v) is 3.09. The second-order valence-electron chi connectivity index (χ2n) is 6.27. The van der Waals surface area contributed by atoms with Crippen molar-refractivity contribution in [1.82, 2.24) is 10.6 Å². The molecule has 1 aliphatic heterocycles. The van der Waals surface area contributed by atoms with Gasteiger partial charge in [-0.25, -0.2) is 9.79 Å². The summed E-state index contributed by atoms with van der Waals surface area (Å²) in [6.45, 7) is 3.19. The number of rotatable bonds is 9. The first-order chi connectivity index (χ1) is 13.8. The van der Waals surface area contributed by atoms with Gasteiger partial charge in [0.05, 0.1) is 19.4 Å². The molecule has 1 fully saturated rings. The van der Waals surface area contributed by atoms with Gasteiger partial charge in [-0.05, 0) is 36.1 Å². The van der Waals surface area contributed by atoms with Gasteiger partial charge in [-0.15, -0.1) is 24.0 Å². The first-order valence-electron chi connectivity index (χ1n) is 9.33. The van der Waals surface area contributed by atoms with Crippen LogP contribution in [-0.2, 0) is 17.7 Å². The number of carbonyl (C=O) groups excluding carboxylic acids is 1. The van der Waals surface area contributed by atoms with Gasteiger partial charge in [-0.2, -0.15) is 11.8 Å². The molecule has 3 rings (SSSR count). The minimum atomic E-state index is -0.285. The lowest BCUT2D eigenvalue weighted by Crippen LogP contribution is -2.39. The number of nitrogens with one attached hydrogen (secondary N) is 2. The number of hydrogen-bond donors (Lipinski definition) is 2. The minimum Gasteiger partial charge on any atom is -0.469 e. The molecular weight excluding hydrogens is 503 g/mol. The summed E-state index contributed by atoms with van der Waals surface area (Å²) in [6, 6.07) is 11.7. The molecule has 7 nitrogen and oxygen atoms in total. The summed E-state index contributed by atoms with van der Waals surface area (Å²) >= 11 is 1.79. The fourth-order valence-electron chi connectivity index (χ4n) is 2.78. The predicted molar refractivity (Wildman–Crippen MR) is 128 cm³/mol. The third-order valence-corrected chi connectivity index (χ3v) is 4.88. The number of carbonyl (C=O) groups is 1. The van der Waals surface area contributed by atoms with Gasteiger partial charge in [-0.3, -0.25) is 4.90 Å². The summed E-state index contributed by atoms with van der Waals surface area (Å²) in [7, 11) is 0. The number of benzene rings is 1. The van der Waals surface area contributed by atoms with Crippen molar-refractivity contribution in [2.75, 3.05) is 43.1 Å². The molecule has 2 heterocycles. The molecule has 0 radical (unpaired) electrons. The van der Waals surface area contributed by atoms with Crippen LogP contribution in [0.5, 0.6) is 0 Å². The normalized spacial score (nSPS) is 13.8. The Bertz CT molecular complexity index is 769. The van der Waals surface area contributed by atoms with Crippen LogP contribution in [0.1, 0.15) is 11.3 Å². The van der Waals surface area contributed by atoms with Crippen molar-refractivity contribution >= 4 is 53.5 Å². The van der Waals surface area contributed by atoms with Gasteiger partial charge < -0.3 is 19.8 Å². The van der Waals surface area contributed by atoms with Crippen molar-refractivity contribution in [3.63, 3.8) is 0 Å². The smallest absolute Gasteiger partial charge is 0.414 e. The number of aliphatic imine (C=N–C) groups is 1. The van der Waals surface area contributed by atoms with E-state index in [0.717, 1.165) is 48.2 Å². The Morgan fingerprint density at radius 3 is 2.66 bits per heavy atom. The Balaban J connectivity index is 0.00000300. The van der Waals surface area contributed by atoms with Gasteiger partial charge in [-0.1, -0.05) is 12.1 Å². The van der Waals surface area contributed by atoms with Gasteiger partial charge in [0.1, 0.15) is 12.4 Å². The van der Waals surface area contributed by atoms with E-state index in [1.165, 1.54) is 0 Å². The van der Waals surface area contributed by atoms with E-state index < -0.39 is 0 Å². The fraction of sp³-hybridized carbons (Fsp3) is 0.400. The van der Waals surface area contributed by atoms with Crippen molar-refractivity contribution in [1.29, 1.82) is 0 Å². The van der Waals surface area contributed by atoms with Crippen LogP contribution in [-0.4, -0.2) is 50.3 Å². The van der Waals surface area contributed by atoms with Gasteiger partial charge in [0.2, 0.25) is 0 Å². The van der Waals surface area contributed by atoms with Crippen LogP contribution >= 0.6 is 35.7 Å². The van der Waals surface area contributed by atoms with E-state index in [1.54, 1.807) is 22.9 Å². The zero-order chi connectivity index (χ0) is 19.6. The van der Waals surface area contributed by atoms with Crippen molar-refractivity contribution in [2.24, 2.45) is 4.99 Å². The lowest BCUT2D eigenvalue weighted by atomic mass is 10.2. The van der Waals surface area contributed by atoms with Crippen LogP contribution in [0.3, 0.4) is 0 Å². The highest BCUT2D eigenvalue weighted by atomic mass is 127. The van der Waals surface area contributed by atoms with Crippen LogP contribution in [0.25, 0.3) is 0 Å². The molecule has 29 heavy (non-hydrogen) atoms. The third-order valence-electron chi connectivity index (χ3n) is 4.27. The number of guanidine groups is 1. The summed E-state index contributed by atoms with van der Waals surface area (Å²) in [5, 5.41) is 6.70. The molecule has 0 spiro atoms. The largest absolute Gasteiger partial charge is 0.469 e. The number of ether oxygens (including phenoxy) is 1. The quantitative estimate of drug-likeness (QED) is 0.224. The Labute approximate surface area is 192 Å². The maximum absolute atomic E-state index is 11.6. The third kappa shape index (κ3) is 7.46. The Kier molecular flexibility index (Phi) is 10.2. The average molecular weight is 530 g/mol. The maximum Gasteiger partial charge on any atom is 0.414 e. The Morgan fingerprint density at radius 1 is 1.21 bits per heavy atom. The summed E-state index contributed by atoms with van der Waals surface area (Å²) in [4.78, 5) is 18.0. The van der Waals surface area contributed by atoms with Gasteiger partial charge in [0.15, 0.2) is 5.96 Å². The van der Waals surface area contributed by atoms with Crippen molar-refractivity contribution < 1.29 is 13.9 Å². The predicted octanol–water partition coefficient (Wildman–Crippen LogP) is 3.50. The van der Waals surface area contributed by atoms with E-state index in [2.05, 4.69) is 21.9 Å². The Hall–Kier alpha value is -1.88. The van der Waals surface area contributed by atoms with Crippen LogP contribution in [0.4, 0.5) is 10.5 Å². The van der Waals surface area contributed by atoms with Gasteiger partial charge in [0, 0.05) is 31.0 Å². The van der Waals surface area contributed by atoms with Crippen molar-refractivity contribution in [3.8, 4) is 0 Å². The molecule has 1 saturated heterocycles. The van der Waals surface area contributed by atoms with E-state index >= 15 is 0 Å². The zero-order valence-corrected chi connectivity index (χ0v) is 19.6. The summed E-state index contributed by atoms with van der Waals surface area (Å²) in [6.07, 6.45) is 4.29. The highest BCUT2D eigenvalue weighted by Crippen LogP contribution is 2.19.